The van der Waals surface area contributed by atoms with Gasteiger partial charge in [0.15, 0.2) is 5.69 Å². The van der Waals surface area contributed by atoms with Gasteiger partial charge in [0, 0.05) is 55.8 Å². The molecule has 0 radical (unpaired) electrons. The fraction of sp³-hybridized carbons (Fsp3) is 0.0947. The first-order chi connectivity index (χ1) is 49.3. The minimum atomic E-state index is -0.441. The summed E-state index contributed by atoms with van der Waals surface area (Å²) < 4.78 is 4.92. The third kappa shape index (κ3) is 9.81. The molecule has 5 nitrogen and oxygen atoms in total. The molecule has 101 heavy (non-hydrogen) atoms. The second-order valence-electron chi connectivity index (χ2n) is 29.3. The van der Waals surface area contributed by atoms with Gasteiger partial charge in [-0.15, -0.1) is 0 Å². The van der Waals surface area contributed by atoms with Crippen LogP contribution in [-0.4, -0.2) is 15.8 Å². The molecule has 14 aromatic carbocycles. The molecular formula is C95H70BN5. The first kappa shape index (κ1) is 60.9. The smallest absolute Gasteiger partial charge is 0.247 e. The number of hydrogen-bond donors (Lipinski definition) is 0. The second kappa shape index (κ2) is 23.6. The number of rotatable bonds is 9. The summed E-state index contributed by atoms with van der Waals surface area (Å²) in [5.74, 6) is -0.441. The molecule has 0 saturated heterocycles. The number of fused-ring (bicyclic) bond motifs is 10. The Labute approximate surface area is 590 Å². The van der Waals surface area contributed by atoms with Gasteiger partial charge in [-0.2, -0.15) is 5.26 Å². The van der Waals surface area contributed by atoms with Crippen LogP contribution in [-0.2, 0) is 10.8 Å². The Balaban J connectivity index is 1.04. The summed E-state index contributed by atoms with van der Waals surface area (Å²) >= 11 is 0. The van der Waals surface area contributed by atoms with Gasteiger partial charge in [-0.05, 0) is 160 Å². The van der Waals surface area contributed by atoms with Crippen molar-refractivity contribution in [1.82, 2.24) is 9.13 Å². The normalized spacial score (nSPS) is 13.3. The highest BCUT2D eigenvalue weighted by Crippen LogP contribution is 2.54. The molecular weight excluding hydrogens is 1220 g/mol. The molecule has 2 aliphatic heterocycles. The lowest BCUT2D eigenvalue weighted by Crippen LogP contribution is -2.62. The molecule has 0 aliphatic carbocycles. The van der Waals surface area contributed by atoms with Crippen molar-refractivity contribution in [2.75, 3.05) is 4.90 Å². The van der Waals surface area contributed by atoms with Crippen molar-refractivity contribution >= 4 is 89.5 Å². The molecule has 0 N–H and O–H groups in total. The van der Waals surface area contributed by atoms with E-state index < -0.39 is 5.92 Å². The molecule has 0 bridgehead atoms. The monoisotopic (exact) mass is 1290 g/mol. The molecule has 0 amide bonds. The maximum atomic E-state index is 11.3. The number of aromatic nitrogens is 2. The van der Waals surface area contributed by atoms with Crippen LogP contribution in [0.3, 0.4) is 0 Å². The number of nitriles is 1. The van der Waals surface area contributed by atoms with Crippen molar-refractivity contribution in [3.05, 3.63) is 354 Å². The summed E-state index contributed by atoms with van der Waals surface area (Å²) in [6.07, 6.45) is 0. The molecule has 478 valence electrons. The van der Waals surface area contributed by atoms with Crippen LogP contribution in [0.25, 0.3) is 115 Å². The van der Waals surface area contributed by atoms with Crippen molar-refractivity contribution in [3.63, 3.8) is 0 Å². The zero-order chi connectivity index (χ0) is 68.4. The van der Waals surface area contributed by atoms with Crippen LogP contribution in [0.15, 0.2) is 309 Å². The predicted molar refractivity (Wildman–Crippen MR) is 424 cm³/mol. The van der Waals surface area contributed by atoms with E-state index in [2.05, 4.69) is 352 Å². The molecule has 1 atom stereocenters. The first-order valence-electron chi connectivity index (χ1n) is 35.1. The van der Waals surface area contributed by atoms with Gasteiger partial charge in [0.2, 0.25) is 6.71 Å². The molecule has 0 saturated carbocycles. The summed E-state index contributed by atoms with van der Waals surface area (Å²) in [7, 11) is 0. The topological polar surface area (TPSA) is 41.2 Å². The van der Waals surface area contributed by atoms with Crippen molar-refractivity contribution in [2.24, 2.45) is 0 Å². The SMILES string of the molecule is [C-]#[N+]c1ccccc1-c1cccc(-c2cccc(C(C)(C)C)c2)c1N1c2cc(-n3c4ccccc4c4ccccc43)ccc2B2c3ccc(-n4c5ccccc5c5ccccc54)cc3C(c3c(-c4cccc(C(C)(C)C)c4)cccc3-c3ccccc3C#N)c3cc(-c4ccccc4)cc1c32. The molecule has 16 aromatic rings. The average Bonchev–Trinajstić information content (AvgIpc) is 1.23. The third-order valence-electron chi connectivity index (χ3n) is 21.5. The van der Waals surface area contributed by atoms with E-state index >= 15 is 0 Å². The van der Waals surface area contributed by atoms with Crippen LogP contribution in [0.1, 0.15) is 80.8 Å². The highest BCUT2D eigenvalue weighted by Gasteiger charge is 2.47. The van der Waals surface area contributed by atoms with E-state index in [1.807, 2.05) is 24.3 Å². The lowest BCUT2D eigenvalue weighted by Gasteiger charge is -2.45. The summed E-state index contributed by atoms with van der Waals surface area (Å²) in [4.78, 5) is 6.92. The molecule has 6 heteroatoms. The fourth-order valence-corrected chi connectivity index (χ4v) is 16.8. The van der Waals surface area contributed by atoms with Gasteiger partial charge in [0.25, 0.3) is 0 Å². The van der Waals surface area contributed by atoms with E-state index in [4.69, 9.17) is 6.57 Å². The largest absolute Gasteiger partial charge is 0.310 e. The molecule has 0 fully saturated rings. The lowest BCUT2D eigenvalue weighted by molar-refractivity contribution is 0.590. The Morgan fingerprint density at radius 2 is 0.851 bits per heavy atom. The highest BCUT2D eigenvalue weighted by molar-refractivity contribution is 6.99. The van der Waals surface area contributed by atoms with Crippen LogP contribution >= 0.6 is 0 Å². The summed E-state index contributed by atoms with van der Waals surface area (Å²) in [6.45, 7) is 22.3. The third-order valence-corrected chi connectivity index (χ3v) is 21.5. The summed E-state index contributed by atoms with van der Waals surface area (Å²) in [5, 5.41) is 16.1. The first-order valence-corrected chi connectivity index (χ1v) is 35.1. The van der Waals surface area contributed by atoms with Gasteiger partial charge >= 0.3 is 0 Å². The van der Waals surface area contributed by atoms with Gasteiger partial charge in [-0.1, -0.05) is 296 Å². The van der Waals surface area contributed by atoms with E-state index in [9.17, 15) is 5.26 Å². The van der Waals surface area contributed by atoms with Crippen LogP contribution < -0.4 is 21.3 Å². The Kier molecular flexibility index (Phi) is 14.2. The number of para-hydroxylation sites is 6. The van der Waals surface area contributed by atoms with Crippen LogP contribution in [0.2, 0.25) is 0 Å². The lowest BCUT2D eigenvalue weighted by atomic mass is 9.31. The van der Waals surface area contributed by atoms with Gasteiger partial charge in [-0.25, -0.2) is 4.85 Å². The van der Waals surface area contributed by atoms with E-state index in [0.717, 1.165) is 117 Å². The van der Waals surface area contributed by atoms with Gasteiger partial charge < -0.3 is 14.0 Å². The van der Waals surface area contributed by atoms with Crippen molar-refractivity contribution in [3.8, 4) is 73.1 Å². The van der Waals surface area contributed by atoms with Gasteiger partial charge in [0.05, 0.1) is 46.0 Å². The molecule has 18 rings (SSSR count). The number of anilines is 3. The zero-order valence-electron chi connectivity index (χ0n) is 57.3. The number of nitrogens with zero attached hydrogens (tertiary/aromatic N) is 5. The Morgan fingerprint density at radius 1 is 0.376 bits per heavy atom. The van der Waals surface area contributed by atoms with Gasteiger partial charge in [-0.3, -0.25) is 0 Å². The minimum absolute atomic E-state index is 0.150. The maximum Gasteiger partial charge on any atom is 0.247 e. The maximum absolute atomic E-state index is 11.3. The van der Waals surface area contributed by atoms with E-state index in [1.54, 1.807) is 0 Å². The number of benzene rings is 14. The summed E-state index contributed by atoms with van der Waals surface area (Å²) in [5.41, 5.74) is 30.2. The standard InChI is InChI=1S/C95H70BN5/c1-94(2,3)65-32-23-30-61(53-65)70-40-25-42-77(69-34-12-11-29-63(69)59-97)90(70)91-79-57-67(99-84-45-19-14-36-73(84)74-37-15-20-46-85(74)99)49-51-81(79)96-82-52-50-68(100-86-47-21-16-38-75(86)76-39-17-22-48-87(76)100)58-88(82)101(89-56-64(55-80(91)92(89)96)60-27-9-8-10-28-60)93-71(62-31-24-33-66(54-62)95(4,5)6)41-26-43-78(93)72-35-13-18-44-83(72)98-7/h8-58,91H,1-6H3. The summed E-state index contributed by atoms with van der Waals surface area (Å²) in [6, 6.07) is 117. The van der Waals surface area contributed by atoms with Crippen molar-refractivity contribution in [1.29, 1.82) is 5.26 Å². The van der Waals surface area contributed by atoms with Crippen LogP contribution in [0.4, 0.5) is 22.7 Å². The minimum Gasteiger partial charge on any atom is -0.310 e. The van der Waals surface area contributed by atoms with Crippen molar-refractivity contribution in [2.45, 2.75) is 58.3 Å². The zero-order valence-corrected chi connectivity index (χ0v) is 57.3. The van der Waals surface area contributed by atoms with Crippen LogP contribution in [0.5, 0.6) is 0 Å². The quantitative estimate of drug-likeness (QED) is 0.107. The molecule has 2 aliphatic rings. The molecule has 1 unspecified atom stereocenters. The van der Waals surface area contributed by atoms with E-state index in [-0.39, 0.29) is 17.5 Å². The highest BCUT2D eigenvalue weighted by atomic mass is 15.2. The molecule has 0 spiro atoms. The van der Waals surface area contributed by atoms with Crippen LogP contribution in [0, 0.1) is 17.9 Å². The Hall–Kier alpha value is -12.5. The van der Waals surface area contributed by atoms with Crippen molar-refractivity contribution < 1.29 is 0 Å². The Morgan fingerprint density at radius 3 is 1.45 bits per heavy atom. The molecule has 2 aromatic heterocycles. The average molecular weight is 1290 g/mol. The Bertz CT molecular complexity index is 5710. The number of hydrogen-bond acceptors (Lipinski definition) is 2. The van der Waals surface area contributed by atoms with E-state index in [0.29, 0.717) is 11.3 Å². The van der Waals surface area contributed by atoms with E-state index in [1.165, 1.54) is 54.7 Å². The predicted octanol–water partition coefficient (Wildman–Crippen LogP) is 23.0. The second-order valence-corrected chi connectivity index (χ2v) is 29.3. The molecule has 4 heterocycles. The fourth-order valence-electron chi connectivity index (χ4n) is 16.8. The van der Waals surface area contributed by atoms with Gasteiger partial charge in [0.1, 0.15) is 0 Å².